The second kappa shape index (κ2) is 8.90. The molecule has 3 aromatic carbocycles. The van der Waals surface area contributed by atoms with Crippen LogP contribution >= 0.6 is 23.2 Å². The SMILES string of the molecule is Cc1cc(Cl)ccc1C1C(c2cccc(Cl)c2F)NC(c2ccccc2F)C1C(C)C. The topological polar surface area (TPSA) is 12.0 Å². The van der Waals surface area contributed by atoms with Crippen molar-refractivity contribution in [1.82, 2.24) is 5.32 Å². The summed E-state index contributed by atoms with van der Waals surface area (Å²) in [5.41, 5.74) is 3.21. The minimum Gasteiger partial charge on any atom is -0.302 e. The van der Waals surface area contributed by atoms with Gasteiger partial charge < -0.3 is 5.32 Å². The molecule has 1 saturated heterocycles. The lowest BCUT2D eigenvalue weighted by Crippen LogP contribution is -2.23. The van der Waals surface area contributed by atoms with E-state index in [4.69, 9.17) is 23.2 Å². The molecule has 5 heteroatoms. The highest BCUT2D eigenvalue weighted by atomic mass is 35.5. The first kappa shape index (κ1) is 22.3. The van der Waals surface area contributed by atoms with Crippen LogP contribution in [0.1, 0.15) is 54.1 Å². The van der Waals surface area contributed by atoms with Crippen LogP contribution in [0.5, 0.6) is 0 Å². The van der Waals surface area contributed by atoms with Crippen molar-refractivity contribution in [3.63, 3.8) is 0 Å². The Hall–Kier alpha value is -1.94. The summed E-state index contributed by atoms with van der Waals surface area (Å²) in [5.74, 6) is -0.543. The summed E-state index contributed by atoms with van der Waals surface area (Å²) in [5, 5.41) is 4.32. The van der Waals surface area contributed by atoms with Crippen molar-refractivity contribution < 1.29 is 8.78 Å². The van der Waals surface area contributed by atoms with Crippen LogP contribution in [0.2, 0.25) is 10.0 Å². The maximum atomic E-state index is 15.2. The van der Waals surface area contributed by atoms with Crippen LogP contribution in [0.25, 0.3) is 0 Å². The molecule has 1 aliphatic rings. The standard InChI is InChI=1S/C26H25Cl2F2N/c1-14(2)22-23(17-12-11-16(27)13-15(17)3)26(19-8-6-9-20(28)24(19)30)31-25(22)18-7-4-5-10-21(18)29/h4-14,22-23,25-26,31H,1-3H3. The Morgan fingerprint density at radius 2 is 1.55 bits per heavy atom. The molecule has 4 unspecified atom stereocenters. The van der Waals surface area contributed by atoms with Gasteiger partial charge in [0.15, 0.2) is 0 Å². The second-order valence-electron chi connectivity index (χ2n) is 8.63. The quantitative estimate of drug-likeness (QED) is 0.416. The molecule has 1 heterocycles. The summed E-state index contributed by atoms with van der Waals surface area (Å²) < 4.78 is 30.0. The number of halogens is 4. The van der Waals surface area contributed by atoms with Crippen LogP contribution in [0.3, 0.4) is 0 Å². The Morgan fingerprint density at radius 1 is 0.839 bits per heavy atom. The molecule has 0 radical (unpaired) electrons. The monoisotopic (exact) mass is 459 g/mol. The van der Waals surface area contributed by atoms with Crippen molar-refractivity contribution in [2.75, 3.05) is 0 Å². The smallest absolute Gasteiger partial charge is 0.146 e. The van der Waals surface area contributed by atoms with E-state index >= 15 is 4.39 Å². The molecule has 0 aromatic heterocycles. The van der Waals surface area contributed by atoms with E-state index in [1.54, 1.807) is 24.3 Å². The first-order valence-electron chi connectivity index (χ1n) is 10.5. The number of hydrogen-bond acceptors (Lipinski definition) is 1. The van der Waals surface area contributed by atoms with Gasteiger partial charge in [0.2, 0.25) is 0 Å². The van der Waals surface area contributed by atoms with Gasteiger partial charge in [-0.05, 0) is 54.2 Å². The van der Waals surface area contributed by atoms with E-state index in [2.05, 4.69) is 19.2 Å². The fourth-order valence-corrected chi connectivity index (χ4v) is 5.51. The van der Waals surface area contributed by atoms with Gasteiger partial charge in [-0.1, -0.05) is 73.4 Å². The summed E-state index contributed by atoms with van der Waals surface area (Å²) in [7, 11) is 0. The van der Waals surface area contributed by atoms with Crippen molar-refractivity contribution in [2.24, 2.45) is 11.8 Å². The first-order chi connectivity index (χ1) is 14.8. The minimum absolute atomic E-state index is 0.0279. The molecule has 162 valence electrons. The van der Waals surface area contributed by atoms with Gasteiger partial charge in [0.25, 0.3) is 0 Å². The van der Waals surface area contributed by atoms with Gasteiger partial charge in [-0.3, -0.25) is 0 Å². The van der Waals surface area contributed by atoms with Crippen LogP contribution in [0.15, 0.2) is 60.7 Å². The number of benzene rings is 3. The van der Waals surface area contributed by atoms with E-state index in [0.717, 1.165) is 11.1 Å². The van der Waals surface area contributed by atoms with Crippen LogP contribution in [-0.4, -0.2) is 0 Å². The lowest BCUT2D eigenvalue weighted by Gasteiger charge is -2.31. The van der Waals surface area contributed by atoms with Crippen LogP contribution in [-0.2, 0) is 0 Å². The molecule has 1 N–H and O–H groups in total. The van der Waals surface area contributed by atoms with Gasteiger partial charge in [-0.15, -0.1) is 0 Å². The van der Waals surface area contributed by atoms with Crippen molar-refractivity contribution >= 4 is 23.2 Å². The average Bonchev–Trinajstić information content (AvgIpc) is 3.10. The lowest BCUT2D eigenvalue weighted by molar-refractivity contribution is 0.310. The van der Waals surface area contributed by atoms with E-state index in [0.29, 0.717) is 16.1 Å². The number of aryl methyl sites for hydroxylation is 1. The Balaban J connectivity index is 1.93. The zero-order valence-electron chi connectivity index (χ0n) is 17.7. The highest BCUT2D eigenvalue weighted by molar-refractivity contribution is 6.31. The van der Waals surface area contributed by atoms with Crippen molar-refractivity contribution in [3.8, 4) is 0 Å². The molecule has 0 aliphatic carbocycles. The largest absolute Gasteiger partial charge is 0.302 e. The summed E-state index contributed by atoms with van der Waals surface area (Å²) in [6, 6.07) is 17.0. The third-order valence-corrected chi connectivity index (χ3v) is 6.96. The first-order valence-corrected chi connectivity index (χ1v) is 11.3. The zero-order valence-corrected chi connectivity index (χ0v) is 19.2. The highest BCUT2D eigenvalue weighted by Crippen LogP contribution is 2.54. The normalized spacial score (nSPS) is 23.5. The third kappa shape index (κ3) is 4.11. The Bertz CT molecular complexity index is 1100. The zero-order chi connectivity index (χ0) is 22.3. The van der Waals surface area contributed by atoms with Crippen molar-refractivity contribution in [2.45, 2.75) is 38.8 Å². The van der Waals surface area contributed by atoms with Crippen LogP contribution in [0.4, 0.5) is 8.78 Å². The van der Waals surface area contributed by atoms with Crippen LogP contribution < -0.4 is 5.32 Å². The molecular weight excluding hydrogens is 435 g/mol. The third-order valence-electron chi connectivity index (χ3n) is 6.44. The van der Waals surface area contributed by atoms with Gasteiger partial charge in [0.1, 0.15) is 11.6 Å². The van der Waals surface area contributed by atoms with Gasteiger partial charge in [0, 0.05) is 34.2 Å². The molecule has 31 heavy (non-hydrogen) atoms. The molecule has 0 saturated carbocycles. The van der Waals surface area contributed by atoms with Crippen molar-refractivity contribution in [3.05, 3.63) is 105 Å². The van der Waals surface area contributed by atoms with E-state index in [1.807, 2.05) is 37.3 Å². The van der Waals surface area contributed by atoms with E-state index < -0.39 is 5.82 Å². The predicted octanol–water partition coefficient (Wildman–Crippen LogP) is 8.02. The average molecular weight is 460 g/mol. The molecular formula is C26H25Cl2F2N. The molecule has 1 aliphatic heterocycles. The maximum Gasteiger partial charge on any atom is 0.146 e. The molecule has 3 aromatic rings. The molecule has 0 bridgehead atoms. The molecule has 0 amide bonds. The Labute approximate surface area is 192 Å². The Morgan fingerprint density at radius 3 is 2.23 bits per heavy atom. The predicted molar refractivity (Wildman–Crippen MR) is 124 cm³/mol. The van der Waals surface area contributed by atoms with Gasteiger partial charge >= 0.3 is 0 Å². The van der Waals surface area contributed by atoms with E-state index in [-0.39, 0.29) is 40.7 Å². The maximum absolute atomic E-state index is 15.2. The molecule has 0 spiro atoms. The number of rotatable bonds is 4. The summed E-state index contributed by atoms with van der Waals surface area (Å²) in [6.45, 7) is 6.28. The van der Waals surface area contributed by atoms with Gasteiger partial charge in [-0.2, -0.15) is 0 Å². The van der Waals surface area contributed by atoms with E-state index in [1.165, 1.54) is 6.07 Å². The summed E-state index contributed by atoms with van der Waals surface area (Å²) in [4.78, 5) is 0. The molecule has 1 nitrogen and oxygen atoms in total. The summed E-state index contributed by atoms with van der Waals surface area (Å²) >= 11 is 12.4. The van der Waals surface area contributed by atoms with E-state index in [9.17, 15) is 4.39 Å². The fraction of sp³-hybridized carbons (Fsp3) is 0.308. The minimum atomic E-state index is -0.435. The lowest BCUT2D eigenvalue weighted by atomic mass is 9.72. The number of hydrogen-bond donors (Lipinski definition) is 1. The molecule has 4 atom stereocenters. The van der Waals surface area contributed by atoms with Gasteiger partial charge in [0.05, 0.1) is 5.02 Å². The summed E-state index contributed by atoms with van der Waals surface area (Å²) in [6.07, 6.45) is 0. The highest BCUT2D eigenvalue weighted by Gasteiger charge is 2.48. The van der Waals surface area contributed by atoms with Crippen molar-refractivity contribution in [1.29, 1.82) is 0 Å². The molecule has 1 fully saturated rings. The Kier molecular flexibility index (Phi) is 6.39. The number of nitrogens with one attached hydrogen (secondary N) is 1. The van der Waals surface area contributed by atoms with Gasteiger partial charge in [-0.25, -0.2) is 8.78 Å². The molecule has 4 rings (SSSR count). The fourth-order valence-electron chi connectivity index (χ4n) is 5.11. The second-order valence-corrected chi connectivity index (χ2v) is 9.48. The van der Waals surface area contributed by atoms with Crippen LogP contribution in [0, 0.1) is 30.4 Å².